The summed E-state index contributed by atoms with van der Waals surface area (Å²) in [5.74, 6) is -0.476. The van der Waals surface area contributed by atoms with E-state index in [9.17, 15) is 10.1 Å². The van der Waals surface area contributed by atoms with E-state index in [1.54, 1.807) is 18.2 Å². The summed E-state index contributed by atoms with van der Waals surface area (Å²) >= 11 is 3.37. The minimum Gasteiger partial charge on any atom is -0.321 e. The molecule has 0 unspecified atom stereocenters. The Balaban J connectivity index is 1.79. The van der Waals surface area contributed by atoms with E-state index in [0.717, 1.165) is 15.7 Å². The van der Waals surface area contributed by atoms with E-state index in [1.807, 2.05) is 77.3 Å². The average Bonchev–Trinajstić information content (AvgIpc) is 3.11. The van der Waals surface area contributed by atoms with Crippen LogP contribution in [0.2, 0.25) is 0 Å². The van der Waals surface area contributed by atoms with Crippen LogP contribution in [-0.2, 0) is 4.79 Å². The molecular formula is C23H15BrN4O. The molecule has 0 saturated heterocycles. The minimum absolute atomic E-state index is 0.00666. The van der Waals surface area contributed by atoms with Crippen molar-refractivity contribution in [2.75, 3.05) is 5.32 Å². The van der Waals surface area contributed by atoms with Crippen molar-refractivity contribution in [2.45, 2.75) is 0 Å². The van der Waals surface area contributed by atoms with Gasteiger partial charge >= 0.3 is 0 Å². The highest BCUT2D eigenvalue weighted by atomic mass is 79.9. The Labute approximate surface area is 176 Å². The molecule has 0 spiro atoms. The highest BCUT2D eigenvalue weighted by Crippen LogP contribution is 2.26. The molecule has 0 radical (unpaired) electrons. The second-order valence-electron chi connectivity index (χ2n) is 6.27. The highest BCUT2D eigenvalue weighted by molar-refractivity contribution is 9.10. The van der Waals surface area contributed by atoms with E-state index in [0.29, 0.717) is 17.1 Å². The normalized spacial score (nSPS) is 11.2. The van der Waals surface area contributed by atoms with E-state index in [2.05, 4.69) is 21.2 Å². The van der Waals surface area contributed by atoms with Crippen LogP contribution in [0, 0.1) is 11.3 Å². The van der Waals surface area contributed by atoms with Crippen molar-refractivity contribution in [1.29, 1.82) is 5.26 Å². The second kappa shape index (κ2) is 8.13. The van der Waals surface area contributed by atoms with E-state index < -0.39 is 5.91 Å². The van der Waals surface area contributed by atoms with Gasteiger partial charge in [-0.3, -0.25) is 9.20 Å². The van der Waals surface area contributed by atoms with Gasteiger partial charge in [0.25, 0.3) is 5.91 Å². The Morgan fingerprint density at radius 2 is 1.86 bits per heavy atom. The van der Waals surface area contributed by atoms with Crippen molar-refractivity contribution >= 4 is 39.2 Å². The predicted molar refractivity (Wildman–Crippen MR) is 117 cm³/mol. The van der Waals surface area contributed by atoms with Gasteiger partial charge in [-0.15, -0.1) is 0 Å². The minimum atomic E-state index is -0.476. The van der Waals surface area contributed by atoms with Gasteiger partial charge in [-0.05, 0) is 36.4 Å². The number of rotatable bonds is 4. The van der Waals surface area contributed by atoms with Crippen molar-refractivity contribution in [2.24, 2.45) is 0 Å². The van der Waals surface area contributed by atoms with Gasteiger partial charge in [0.2, 0.25) is 0 Å². The first-order valence-corrected chi connectivity index (χ1v) is 9.66. The fourth-order valence-corrected chi connectivity index (χ4v) is 3.41. The molecule has 29 heavy (non-hydrogen) atoms. The Morgan fingerprint density at radius 1 is 1.07 bits per heavy atom. The smallest absolute Gasteiger partial charge is 0.266 e. The van der Waals surface area contributed by atoms with Gasteiger partial charge in [0, 0.05) is 21.9 Å². The van der Waals surface area contributed by atoms with Crippen molar-refractivity contribution in [1.82, 2.24) is 9.38 Å². The number of imidazole rings is 1. The van der Waals surface area contributed by atoms with Gasteiger partial charge in [-0.1, -0.05) is 58.4 Å². The van der Waals surface area contributed by atoms with Gasteiger partial charge in [0.1, 0.15) is 17.3 Å². The Kier molecular flexibility index (Phi) is 5.23. The molecule has 2 aromatic carbocycles. The lowest BCUT2D eigenvalue weighted by molar-refractivity contribution is -0.112. The maximum absolute atomic E-state index is 12.7. The molecule has 1 N–H and O–H groups in total. The lowest BCUT2D eigenvalue weighted by Crippen LogP contribution is -2.13. The average molecular weight is 443 g/mol. The maximum atomic E-state index is 12.7. The molecule has 6 heteroatoms. The summed E-state index contributed by atoms with van der Waals surface area (Å²) in [5, 5.41) is 12.4. The summed E-state index contributed by atoms with van der Waals surface area (Å²) in [7, 11) is 0. The van der Waals surface area contributed by atoms with Gasteiger partial charge in [-0.25, -0.2) is 4.98 Å². The zero-order valence-electron chi connectivity index (χ0n) is 15.2. The molecule has 0 aliphatic carbocycles. The third-order valence-electron chi connectivity index (χ3n) is 4.34. The molecule has 0 atom stereocenters. The van der Waals surface area contributed by atoms with Crippen LogP contribution in [-0.4, -0.2) is 15.3 Å². The number of anilines is 1. The van der Waals surface area contributed by atoms with Crippen LogP contribution >= 0.6 is 15.9 Å². The van der Waals surface area contributed by atoms with Gasteiger partial charge in [0.05, 0.1) is 11.4 Å². The molecule has 140 valence electrons. The number of halogens is 1. The molecule has 1 amide bonds. The number of aromatic nitrogens is 2. The first-order chi connectivity index (χ1) is 14.2. The molecule has 4 aromatic rings. The summed E-state index contributed by atoms with van der Waals surface area (Å²) in [4.78, 5) is 17.4. The predicted octanol–water partition coefficient (Wildman–Crippen LogP) is 5.31. The summed E-state index contributed by atoms with van der Waals surface area (Å²) in [6, 6.07) is 24.6. The molecular weight excluding hydrogens is 428 g/mol. The monoisotopic (exact) mass is 442 g/mol. The zero-order chi connectivity index (χ0) is 20.2. The number of amides is 1. The third kappa shape index (κ3) is 3.96. The van der Waals surface area contributed by atoms with Gasteiger partial charge in [0.15, 0.2) is 0 Å². The number of pyridine rings is 1. The van der Waals surface area contributed by atoms with Crippen molar-refractivity contribution in [3.8, 4) is 17.3 Å². The second-order valence-corrected chi connectivity index (χ2v) is 7.19. The third-order valence-corrected chi connectivity index (χ3v) is 4.84. The number of benzene rings is 2. The molecule has 4 rings (SSSR count). The number of fused-ring (bicyclic) bond motifs is 1. The largest absolute Gasteiger partial charge is 0.321 e. The van der Waals surface area contributed by atoms with E-state index >= 15 is 0 Å². The Hall–Kier alpha value is -3.69. The van der Waals surface area contributed by atoms with Gasteiger partial charge < -0.3 is 5.32 Å². The van der Waals surface area contributed by atoms with E-state index in [1.165, 1.54) is 0 Å². The van der Waals surface area contributed by atoms with Crippen LogP contribution < -0.4 is 5.32 Å². The number of carbonyl (C=O) groups is 1. The standard InChI is InChI=1S/C23H15BrN4O/c24-18-9-6-10-19(14-18)26-23(29)17(15-25)13-20-22(16-7-2-1-3-8-16)27-21-11-4-5-12-28(20)21/h1-14H,(H,26,29). The quantitative estimate of drug-likeness (QED) is 0.343. The summed E-state index contributed by atoms with van der Waals surface area (Å²) in [5.41, 5.74) is 3.63. The van der Waals surface area contributed by atoms with Crippen LogP contribution in [0.1, 0.15) is 5.69 Å². The van der Waals surface area contributed by atoms with Crippen LogP contribution in [0.5, 0.6) is 0 Å². The topological polar surface area (TPSA) is 70.2 Å². The fraction of sp³-hybridized carbons (Fsp3) is 0. The molecule has 0 aliphatic rings. The molecule has 2 heterocycles. The van der Waals surface area contributed by atoms with Crippen molar-refractivity contribution in [3.05, 3.63) is 94.7 Å². The van der Waals surface area contributed by atoms with Crippen molar-refractivity contribution in [3.63, 3.8) is 0 Å². The van der Waals surface area contributed by atoms with Crippen LogP contribution in [0.15, 0.2) is 89.0 Å². The number of hydrogen-bond acceptors (Lipinski definition) is 3. The highest BCUT2D eigenvalue weighted by Gasteiger charge is 2.16. The fourth-order valence-electron chi connectivity index (χ4n) is 3.01. The van der Waals surface area contributed by atoms with Crippen LogP contribution in [0.3, 0.4) is 0 Å². The first-order valence-electron chi connectivity index (χ1n) is 8.87. The number of carbonyl (C=O) groups excluding carboxylic acids is 1. The maximum Gasteiger partial charge on any atom is 0.266 e. The first kappa shape index (κ1) is 18.7. The number of nitriles is 1. The number of hydrogen-bond donors (Lipinski definition) is 1. The zero-order valence-corrected chi connectivity index (χ0v) is 16.8. The number of nitrogens with zero attached hydrogens (tertiary/aromatic N) is 3. The van der Waals surface area contributed by atoms with E-state index in [-0.39, 0.29) is 5.57 Å². The van der Waals surface area contributed by atoms with E-state index in [4.69, 9.17) is 4.98 Å². The molecule has 0 aliphatic heterocycles. The Bertz CT molecular complexity index is 1270. The number of nitrogens with one attached hydrogen (secondary N) is 1. The van der Waals surface area contributed by atoms with Crippen LogP contribution in [0.25, 0.3) is 23.0 Å². The molecule has 2 aromatic heterocycles. The lowest BCUT2D eigenvalue weighted by atomic mass is 10.1. The van der Waals surface area contributed by atoms with Crippen molar-refractivity contribution < 1.29 is 4.79 Å². The molecule has 5 nitrogen and oxygen atoms in total. The lowest BCUT2D eigenvalue weighted by Gasteiger charge is -2.06. The molecule has 0 saturated carbocycles. The SMILES string of the molecule is N#CC(=Cc1c(-c2ccccc2)nc2ccccn12)C(=O)Nc1cccc(Br)c1. The summed E-state index contributed by atoms with van der Waals surface area (Å²) < 4.78 is 2.71. The summed E-state index contributed by atoms with van der Waals surface area (Å²) in [6.07, 6.45) is 3.44. The van der Waals surface area contributed by atoms with Gasteiger partial charge in [-0.2, -0.15) is 5.26 Å². The summed E-state index contributed by atoms with van der Waals surface area (Å²) in [6.45, 7) is 0. The van der Waals surface area contributed by atoms with Crippen LogP contribution in [0.4, 0.5) is 5.69 Å². The Morgan fingerprint density at radius 3 is 2.62 bits per heavy atom. The molecule has 0 bridgehead atoms. The molecule has 0 fully saturated rings.